The van der Waals surface area contributed by atoms with Gasteiger partial charge in [-0.25, -0.2) is 14.5 Å². The van der Waals surface area contributed by atoms with E-state index in [2.05, 4.69) is 15.1 Å². The Morgan fingerprint density at radius 2 is 2.38 bits per heavy atom. The summed E-state index contributed by atoms with van der Waals surface area (Å²) in [5.41, 5.74) is -0.612. The van der Waals surface area contributed by atoms with Crippen LogP contribution in [-0.2, 0) is 5.41 Å². The van der Waals surface area contributed by atoms with Crippen molar-refractivity contribution in [3.8, 4) is 0 Å². The average molecular weight is 179 g/mol. The normalized spacial score (nSPS) is 16.6. The van der Waals surface area contributed by atoms with Crippen molar-refractivity contribution in [2.24, 2.45) is 0 Å². The summed E-state index contributed by atoms with van der Waals surface area (Å²) in [6, 6.07) is 0. The highest BCUT2D eigenvalue weighted by Crippen LogP contribution is 2.18. The second-order valence-electron chi connectivity index (χ2n) is 3.44. The predicted molar refractivity (Wildman–Crippen MR) is 49.5 cm³/mol. The van der Waals surface area contributed by atoms with E-state index in [1.807, 2.05) is 0 Å². The standard InChI is InChI=1S/C9H12N4/c1-9(2,3)7-6-11-13-5-4-10-8(13)12-7/h4-6H,1-3H3/i1D3. The molecule has 68 valence electrons. The topological polar surface area (TPSA) is 43.1 Å². The van der Waals surface area contributed by atoms with Crippen molar-refractivity contribution in [3.63, 3.8) is 0 Å². The molecule has 2 aromatic heterocycles. The monoisotopic (exact) mass is 179 g/mol. The van der Waals surface area contributed by atoms with Crippen LogP contribution in [0.5, 0.6) is 0 Å². The van der Waals surface area contributed by atoms with Crippen LogP contribution in [0, 0.1) is 0 Å². The van der Waals surface area contributed by atoms with Gasteiger partial charge in [0.15, 0.2) is 0 Å². The van der Waals surface area contributed by atoms with Crippen LogP contribution in [0.25, 0.3) is 5.78 Å². The molecule has 0 radical (unpaired) electrons. The third kappa shape index (κ3) is 1.39. The second kappa shape index (κ2) is 2.52. The number of nitrogens with zero attached hydrogens (tertiary/aromatic N) is 4. The van der Waals surface area contributed by atoms with Gasteiger partial charge in [-0.1, -0.05) is 20.7 Å². The van der Waals surface area contributed by atoms with Gasteiger partial charge in [0.05, 0.1) is 18.1 Å². The van der Waals surface area contributed by atoms with Crippen molar-refractivity contribution in [3.05, 3.63) is 24.3 Å². The number of aromatic nitrogens is 4. The molecule has 0 spiro atoms. The van der Waals surface area contributed by atoms with Gasteiger partial charge in [0.1, 0.15) is 0 Å². The smallest absolute Gasteiger partial charge is 0.218 e. The van der Waals surface area contributed by atoms with Gasteiger partial charge in [-0.3, -0.25) is 0 Å². The third-order valence-electron chi connectivity index (χ3n) is 1.77. The molecule has 0 aromatic carbocycles. The molecule has 0 saturated carbocycles. The summed E-state index contributed by atoms with van der Waals surface area (Å²) in [7, 11) is 0. The number of imidazole rings is 1. The lowest BCUT2D eigenvalue weighted by atomic mass is 9.93. The van der Waals surface area contributed by atoms with E-state index in [0.29, 0.717) is 11.5 Å². The highest BCUT2D eigenvalue weighted by Gasteiger charge is 2.16. The Hall–Kier alpha value is -1.45. The molecule has 13 heavy (non-hydrogen) atoms. The molecule has 0 amide bonds. The highest BCUT2D eigenvalue weighted by molar-refractivity contribution is 5.27. The Bertz CT molecular complexity index is 515. The third-order valence-corrected chi connectivity index (χ3v) is 1.77. The van der Waals surface area contributed by atoms with Gasteiger partial charge in [-0.05, 0) is 0 Å². The molecule has 0 saturated heterocycles. The Balaban J connectivity index is 2.54. The summed E-state index contributed by atoms with van der Waals surface area (Å²) in [4.78, 5) is 8.18. The first-order chi connectivity index (χ1) is 7.32. The minimum absolute atomic E-state index is 0.412. The van der Waals surface area contributed by atoms with Crippen molar-refractivity contribution < 1.29 is 4.11 Å². The Labute approximate surface area is 80.9 Å². The van der Waals surface area contributed by atoms with Crippen LogP contribution in [0.15, 0.2) is 18.6 Å². The van der Waals surface area contributed by atoms with Crippen LogP contribution in [0.1, 0.15) is 30.5 Å². The summed E-state index contributed by atoms with van der Waals surface area (Å²) in [5.74, 6) is 0.412. The zero-order chi connectivity index (χ0) is 12.0. The summed E-state index contributed by atoms with van der Waals surface area (Å²) in [6.45, 7) is 1.14. The van der Waals surface area contributed by atoms with Gasteiger partial charge in [0.2, 0.25) is 0 Å². The molecule has 0 fully saturated rings. The fourth-order valence-corrected chi connectivity index (χ4v) is 1.01. The Kier molecular flexibility index (Phi) is 1.03. The van der Waals surface area contributed by atoms with Crippen LogP contribution < -0.4 is 0 Å². The largest absolute Gasteiger partial charge is 0.250 e. The van der Waals surface area contributed by atoms with E-state index >= 15 is 0 Å². The zero-order valence-electron chi connectivity index (χ0n) is 10.5. The van der Waals surface area contributed by atoms with Gasteiger partial charge >= 0.3 is 0 Å². The molecule has 2 aromatic rings. The molecule has 4 heteroatoms. The van der Waals surface area contributed by atoms with Crippen LogP contribution in [0.4, 0.5) is 0 Å². The van der Waals surface area contributed by atoms with Crippen molar-refractivity contribution in [2.45, 2.75) is 26.1 Å². The lowest BCUT2D eigenvalue weighted by molar-refractivity contribution is 0.561. The Morgan fingerprint density at radius 1 is 1.54 bits per heavy atom. The molecule has 0 aliphatic carbocycles. The summed E-state index contributed by atoms with van der Waals surface area (Å²) >= 11 is 0. The van der Waals surface area contributed by atoms with Gasteiger partial charge in [-0.2, -0.15) is 5.10 Å². The average Bonchev–Trinajstić information content (AvgIpc) is 2.61. The quantitative estimate of drug-likeness (QED) is 0.614. The first-order valence-electron chi connectivity index (χ1n) is 5.49. The summed E-state index contributed by atoms with van der Waals surface area (Å²) in [5, 5.41) is 4.06. The molecule has 0 aliphatic heterocycles. The van der Waals surface area contributed by atoms with E-state index in [1.165, 1.54) is 10.7 Å². The molecule has 2 heterocycles. The minimum atomic E-state index is -2.12. The molecular formula is C9H12N4. The van der Waals surface area contributed by atoms with Crippen molar-refractivity contribution in [2.75, 3.05) is 0 Å². The molecule has 4 nitrogen and oxygen atoms in total. The number of hydrogen-bond acceptors (Lipinski definition) is 3. The summed E-state index contributed by atoms with van der Waals surface area (Å²) in [6.07, 6.45) is 4.71. The fraction of sp³-hybridized carbons (Fsp3) is 0.444. The molecule has 0 aliphatic rings. The van der Waals surface area contributed by atoms with E-state index in [1.54, 1.807) is 26.2 Å². The Morgan fingerprint density at radius 3 is 3.15 bits per heavy atom. The molecular weight excluding hydrogens is 164 g/mol. The van der Waals surface area contributed by atoms with Crippen molar-refractivity contribution in [1.82, 2.24) is 19.6 Å². The molecule has 0 bridgehead atoms. The number of rotatable bonds is 0. The van der Waals surface area contributed by atoms with Crippen molar-refractivity contribution in [1.29, 1.82) is 0 Å². The molecule has 0 atom stereocenters. The SMILES string of the molecule is [2H]C([2H])([2H])C(C)(C)c1cnn2ccnc2n1. The van der Waals surface area contributed by atoms with E-state index in [4.69, 9.17) is 4.11 Å². The fourth-order valence-electron chi connectivity index (χ4n) is 1.01. The highest BCUT2D eigenvalue weighted by atomic mass is 15.3. The van der Waals surface area contributed by atoms with Crippen LogP contribution in [-0.4, -0.2) is 19.6 Å². The van der Waals surface area contributed by atoms with Crippen LogP contribution in [0.3, 0.4) is 0 Å². The summed E-state index contributed by atoms with van der Waals surface area (Å²) < 4.78 is 23.9. The van der Waals surface area contributed by atoms with Gasteiger partial charge < -0.3 is 0 Å². The van der Waals surface area contributed by atoms with Gasteiger partial charge in [0.25, 0.3) is 5.78 Å². The molecule has 0 unspecified atom stereocenters. The van der Waals surface area contributed by atoms with Crippen molar-refractivity contribution >= 4 is 5.78 Å². The molecule has 2 rings (SSSR count). The minimum Gasteiger partial charge on any atom is -0.218 e. The van der Waals surface area contributed by atoms with E-state index in [9.17, 15) is 0 Å². The van der Waals surface area contributed by atoms with E-state index < -0.39 is 12.3 Å². The first kappa shape index (κ1) is 5.32. The van der Waals surface area contributed by atoms with Crippen LogP contribution >= 0.6 is 0 Å². The second-order valence-corrected chi connectivity index (χ2v) is 3.44. The molecule has 0 N–H and O–H groups in total. The van der Waals surface area contributed by atoms with Crippen LogP contribution in [0.2, 0.25) is 0 Å². The van der Waals surface area contributed by atoms with Gasteiger partial charge in [-0.15, -0.1) is 0 Å². The predicted octanol–water partition coefficient (Wildman–Crippen LogP) is 1.42. The zero-order valence-corrected chi connectivity index (χ0v) is 7.52. The van der Waals surface area contributed by atoms with E-state index in [0.717, 1.165) is 0 Å². The lowest BCUT2D eigenvalue weighted by Crippen LogP contribution is -2.15. The van der Waals surface area contributed by atoms with E-state index in [-0.39, 0.29) is 0 Å². The number of fused-ring (bicyclic) bond motifs is 1. The maximum absolute atomic E-state index is 7.48. The number of hydrogen-bond donors (Lipinski definition) is 0. The van der Waals surface area contributed by atoms with Gasteiger partial charge in [0, 0.05) is 15.7 Å². The first-order valence-corrected chi connectivity index (χ1v) is 3.99. The maximum atomic E-state index is 7.48. The maximum Gasteiger partial charge on any atom is 0.250 e. The lowest BCUT2D eigenvalue weighted by Gasteiger charge is -2.16.